The Bertz CT molecular complexity index is 515. The van der Waals surface area contributed by atoms with Gasteiger partial charge in [0.1, 0.15) is 18.3 Å². The highest BCUT2D eigenvalue weighted by atomic mass is 16.6. The van der Waals surface area contributed by atoms with E-state index in [1.807, 2.05) is 6.07 Å². The lowest BCUT2D eigenvalue weighted by atomic mass is 10.0. The van der Waals surface area contributed by atoms with Crippen LogP contribution < -0.4 is 0 Å². The van der Waals surface area contributed by atoms with E-state index in [9.17, 15) is 0 Å². The predicted octanol–water partition coefficient (Wildman–Crippen LogP) is 2.24. The first-order valence-corrected chi connectivity index (χ1v) is 9.06. The lowest BCUT2D eigenvalue weighted by Gasteiger charge is -2.15. The molecule has 1 aromatic rings. The first kappa shape index (κ1) is 19.5. The van der Waals surface area contributed by atoms with E-state index < -0.39 is 0 Å². The first-order valence-electron chi connectivity index (χ1n) is 9.06. The van der Waals surface area contributed by atoms with Crippen molar-refractivity contribution in [2.75, 3.05) is 39.6 Å². The average molecular weight is 364 g/mol. The van der Waals surface area contributed by atoms with Crippen LogP contribution in [0.1, 0.15) is 16.7 Å². The minimum absolute atomic E-state index is 0.271. The van der Waals surface area contributed by atoms with Crippen LogP contribution in [0.5, 0.6) is 0 Å². The van der Waals surface area contributed by atoms with Crippen molar-refractivity contribution in [1.82, 2.24) is 0 Å². The third-order valence-electron chi connectivity index (χ3n) is 4.25. The van der Waals surface area contributed by atoms with Gasteiger partial charge in [0.15, 0.2) is 0 Å². The molecule has 0 aliphatic carbocycles. The molecule has 3 unspecified atom stereocenters. The summed E-state index contributed by atoms with van der Waals surface area (Å²) in [5, 5.41) is 0. The molecular weight excluding hydrogens is 336 g/mol. The molecule has 6 nitrogen and oxygen atoms in total. The highest BCUT2D eigenvalue weighted by Gasteiger charge is 2.24. The summed E-state index contributed by atoms with van der Waals surface area (Å²) in [5.74, 6) is 0. The van der Waals surface area contributed by atoms with Gasteiger partial charge < -0.3 is 28.4 Å². The largest absolute Gasteiger partial charge is 0.374 e. The van der Waals surface area contributed by atoms with E-state index in [4.69, 9.17) is 28.4 Å². The van der Waals surface area contributed by atoms with Crippen molar-refractivity contribution in [1.29, 1.82) is 0 Å². The highest BCUT2D eigenvalue weighted by Crippen LogP contribution is 2.21. The smallest absolute Gasteiger partial charge is 0.104 e. The molecule has 3 saturated heterocycles. The van der Waals surface area contributed by atoms with Crippen molar-refractivity contribution in [3.8, 4) is 0 Å². The molecule has 0 bridgehead atoms. The Morgan fingerprint density at radius 1 is 0.731 bits per heavy atom. The molecule has 0 amide bonds. The van der Waals surface area contributed by atoms with E-state index in [1.54, 1.807) is 0 Å². The third-order valence-corrected chi connectivity index (χ3v) is 4.25. The summed E-state index contributed by atoms with van der Waals surface area (Å²) in [6.07, 6.45) is 0.829. The van der Waals surface area contributed by atoms with Gasteiger partial charge in [0.05, 0.1) is 59.5 Å². The van der Waals surface area contributed by atoms with Gasteiger partial charge in [0.25, 0.3) is 0 Å². The molecule has 0 radical (unpaired) electrons. The molecule has 3 fully saturated rings. The van der Waals surface area contributed by atoms with E-state index in [0.717, 1.165) is 36.5 Å². The summed E-state index contributed by atoms with van der Waals surface area (Å²) in [5.41, 5.74) is 3.46. The number of rotatable bonds is 12. The molecular formula is C20H28O6. The molecule has 26 heavy (non-hydrogen) atoms. The average Bonchev–Trinajstić information content (AvgIpc) is 3.50. The monoisotopic (exact) mass is 364 g/mol. The Hall–Kier alpha value is -1.28. The van der Waals surface area contributed by atoms with Gasteiger partial charge in [0.2, 0.25) is 0 Å². The molecule has 3 aliphatic heterocycles. The number of hydrogen-bond donors (Lipinski definition) is 0. The van der Waals surface area contributed by atoms with Crippen molar-refractivity contribution in [2.24, 2.45) is 0 Å². The van der Waals surface area contributed by atoms with Crippen LogP contribution in [0, 0.1) is 0 Å². The van der Waals surface area contributed by atoms with Gasteiger partial charge in [-0.05, 0) is 16.7 Å². The fourth-order valence-electron chi connectivity index (χ4n) is 2.53. The molecule has 144 valence electrons. The van der Waals surface area contributed by atoms with Gasteiger partial charge in [-0.3, -0.25) is 0 Å². The minimum Gasteiger partial charge on any atom is -0.374 e. The van der Waals surface area contributed by atoms with Crippen molar-refractivity contribution < 1.29 is 28.4 Å². The predicted molar refractivity (Wildman–Crippen MR) is 95.9 cm³/mol. The van der Waals surface area contributed by atoms with Crippen LogP contribution in [-0.4, -0.2) is 58.0 Å². The van der Waals surface area contributed by atoms with Crippen LogP contribution in [0.4, 0.5) is 0 Å². The number of epoxide rings is 3. The summed E-state index contributed by atoms with van der Waals surface area (Å²) in [4.78, 5) is 0. The second-order valence-corrected chi connectivity index (χ2v) is 6.47. The maximum atomic E-state index is 5.82. The molecule has 0 N–H and O–H groups in total. The van der Waals surface area contributed by atoms with E-state index in [0.29, 0.717) is 39.6 Å². The molecule has 3 aliphatic rings. The van der Waals surface area contributed by atoms with Gasteiger partial charge in [-0.2, -0.15) is 0 Å². The lowest BCUT2D eigenvalue weighted by Crippen LogP contribution is -2.10. The molecule has 3 atom stereocenters. The molecule has 3 heterocycles. The number of benzene rings is 1. The second kappa shape index (κ2) is 10.2. The van der Waals surface area contributed by atoms with Crippen LogP contribution in [0.3, 0.4) is 0 Å². The Kier molecular flexibility index (Phi) is 7.61. The Morgan fingerprint density at radius 2 is 1.12 bits per heavy atom. The Labute approximate surface area is 155 Å². The molecule has 0 saturated carbocycles. The van der Waals surface area contributed by atoms with Crippen molar-refractivity contribution in [3.63, 3.8) is 0 Å². The standard InChI is InChI=1S/C18H24O6.C2H4/c1-2-13(4-19-6-15-9-22-15)18(12-21-8-17-11-24-17)14(3-1)5-20-7-16-10-23-16;1-2/h1-3,15-17H,4-12H2;1-2H2. The summed E-state index contributed by atoms with van der Waals surface area (Å²) in [7, 11) is 0. The zero-order valence-corrected chi connectivity index (χ0v) is 15.2. The van der Waals surface area contributed by atoms with Gasteiger partial charge in [-0.1, -0.05) is 18.2 Å². The summed E-state index contributed by atoms with van der Waals surface area (Å²) < 4.78 is 32.9. The summed E-state index contributed by atoms with van der Waals surface area (Å²) >= 11 is 0. The maximum Gasteiger partial charge on any atom is 0.104 e. The van der Waals surface area contributed by atoms with Crippen molar-refractivity contribution in [3.05, 3.63) is 48.0 Å². The zero-order valence-electron chi connectivity index (χ0n) is 15.2. The van der Waals surface area contributed by atoms with Gasteiger partial charge in [-0.15, -0.1) is 13.2 Å². The lowest BCUT2D eigenvalue weighted by molar-refractivity contribution is 0.0847. The van der Waals surface area contributed by atoms with Crippen molar-refractivity contribution in [2.45, 2.75) is 38.1 Å². The number of hydrogen-bond acceptors (Lipinski definition) is 6. The van der Waals surface area contributed by atoms with Crippen LogP contribution in [-0.2, 0) is 48.2 Å². The SMILES string of the molecule is C=C.c1cc(COCC2CO2)c(COCC2CO2)c(COCC2CO2)c1. The molecule has 0 aromatic heterocycles. The van der Waals surface area contributed by atoms with E-state index in [-0.39, 0.29) is 18.3 Å². The van der Waals surface area contributed by atoms with E-state index in [2.05, 4.69) is 25.3 Å². The number of ether oxygens (including phenoxy) is 6. The van der Waals surface area contributed by atoms with Crippen LogP contribution >= 0.6 is 0 Å². The molecule has 4 rings (SSSR count). The summed E-state index contributed by atoms with van der Waals surface area (Å²) in [6.45, 7) is 12.1. The third kappa shape index (κ3) is 6.79. The van der Waals surface area contributed by atoms with Crippen LogP contribution in [0.15, 0.2) is 31.4 Å². The molecule has 6 heteroatoms. The first-order chi connectivity index (χ1) is 12.9. The molecule has 1 aromatic carbocycles. The van der Waals surface area contributed by atoms with Crippen LogP contribution in [0.25, 0.3) is 0 Å². The topological polar surface area (TPSA) is 65.3 Å². The second-order valence-electron chi connectivity index (χ2n) is 6.47. The van der Waals surface area contributed by atoms with Crippen molar-refractivity contribution >= 4 is 0 Å². The summed E-state index contributed by atoms with van der Waals surface area (Å²) in [6, 6.07) is 6.23. The minimum atomic E-state index is 0.271. The highest BCUT2D eigenvalue weighted by molar-refractivity contribution is 5.34. The van der Waals surface area contributed by atoms with Gasteiger partial charge >= 0.3 is 0 Å². The fraction of sp³-hybridized carbons (Fsp3) is 0.600. The normalized spacial score (nSPS) is 25.3. The molecule has 0 spiro atoms. The van der Waals surface area contributed by atoms with E-state index in [1.165, 1.54) is 0 Å². The van der Waals surface area contributed by atoms with E-state index >= 15 is 0 Å². The Morgan fingerprint density at radius 3 is 1.50 bits per heavy atom. The van der Waals surface area contributed by atoms with Crippen LogP contribution in [0.2, 0.25) is 0 Å². The maximum absolute atomic E-state index is 5.82. The quantitative estimate of drug-likeness (QED) is 0.419. The fourth-order valence-corrected chi connectivity index (χ4v) is 2.53. The van der Waals surface area contributed by atoms with Gasteiger partial charge in [0, 0.05) is 0 Å². The zero-order chi connectivity index (χ0) is 18.2. The Balaban J connectivity index is 0.000000948. The van der Waals surface area contributed by atoms with Gasteiger partial charge in [-0.25, -0.2) is 0 Å².